The molecule has 0 aliphatic carbocycles. The highest BCUT2D eigenvalue weighted by molar-refractivity contribution is 6.21. The molecule has 0 amide bonds. The second-order valence-electron chi connectivity index (χ2n) is 3.87. The second-order valence-corrected chi connectivity index (χ2v) is 4.37. The summed E-state index contributed by atoms with van der Waals surface area (Å²) in [5, 5.41) is 9.44. The molecule has 1 aromatic rings. The molecular formula is C11H12ClF3N2O2. The van der Waals surface area contributed by atoms with Gasteiger partial charge in [-0.05, 0) is 6.07 Å². The van der Waals surface area contributed by atoms with Crippen molar-refractivity contribution in [3.63, 3.8) is 0 Å². The normalized spacial score (nSPS) is 16.8. The maximum Gasteiger partial charge on any atom is 0.417 e. The van der Waals surface area contributed by atoms with Gasteiger partial charge in [-0.3, -0.25) is 4.79 Å². The van der Waals surface area contributed by atoms with Gasteiger partial charge in [-0.25, -0.2) is 0 Å². The van der Waals surface area contributed by atoms with E-state index in [-0.39, 0.29) is 0 Å². The number of halogens is 4. The Morgan fingerprint density at radius 3 is 2.26 bits per heavy atom. The van der Waals surface area contributed by atoms with E-state index in [1.807, 2.05) is 0 Å². The summed E-state index contributed by atoms with van der Waals surface area (Å²) in [6.45, 7) is 0. The van der Waals surface area contributed by atoms with E-state index in [4.69, 9.17) is 23.1 Å². The number of Topliss-reactive ketones (excluding diaryl/α,β-unsaturated/α-hetero) is 1. The molecule has 1 rings (SSSR count). The quantitative estimate of drug-likeness (QED) is 0.441. The fourth-order valence-electron chi connectivity index (χ4n) is 1.48. The van der Waals surface area contributed by atoms with Gasteiger partial charge in [-0.1, -0.05) is 18.2 Å². The van der Waals surface area contributed by atoms with E-state index in [0.29, 0.717) is 0 Å². The molecule has 0 spiro atoms. The van der Waals surface area contributed by atoms with E-state index in [0.717, 1.165) is 18.2 Å². The van der Waals surface area contributed by atoms with Crippen LogP contribution in [0.2, 0.25) is 0 Å². The highest BCUT2D eigenvalue weighted by atomic mass is 35.5. The third kappa shape index (κ3) is 3.66. The Kier molecular flexibility index (Phi) is 4.92. The molecule has 0 bridgehead atoms. The fraction of sp³-hybridized carbons (Fsp3) is 0.364. The van der Waals surface area contributed by atoms with Gasteiger partial charge in [0.25, 0.3) is 0 Å². The number of benzene rings is 1. The van der Waals surface area contributed by atoms with E-state index >= 15 is 0 Å². The van der Waals surface area contributed by atoms with Crippen LogP contribution in [0.5, 0.6) is 0 Å². The molecule has 106 valence electrons. The van der Waals surface area contributed by atoms with Crippen LogP contribution in [0.3, 0.4) is 0 Å². The summed E-state index contributed by atoms with van der Waals surface area (Å²) < 4.78 is 38.2. The number of ketones is 1. The van der Waals surface area contributed by atoms with Gasteiger partial charge in [0.1, 0.15) is 11.6 Å². The molecule has 5 N–H and O–H groups in total. The number of hydrogen-bond acceptors (Lipinski definition) is 4. The van der Waals surface area contributed by atoms with Gasteiger partial charge in [0.05, 0.1) is 11.6 Å². The minimum absolute atomic E-state index is 0.626. The van der Waals surface area contributed by atoms with Crippen molar-refractivity contribution in [2.75, 3.05) is 0 Å². The van der Waals surface area contributed by atoms with Crippen LogP contribution in [-0.2, 0) is 6.18 Å². The molecule has 0 fully saturated rings. The van der Waals surface area contributed by atoms with Crippen molar-refractivity contribution in [1.29, 1.82) is 0 Å². The van der Waals surface area contributed by atoms with Crippen LogP contribution in [0, 0.1) is 0 Å². The van der Waals surface area contributed by atoms with E-state index in [1.165, 1.54) is 6.07 Å². The Morgan fingerprint density at radius 1 is 1.26 bits per heavy atom. The van der Waals surface area contributed by atoms with E-state index in [2.05, 4.69) is 0 Å². The van der Waals surface area contributed by atoms with E-state index < -0.39 is 40.7 Å². The predicted octanol–water partition coefficient (Wildman–Crippen LogP) is 1.10. The lowest BCUT2D eigenvalue weighted by atomic mass is 9.96. The third-order valence-electron chi connectivity index (χ3n) is 2.49. The fourth-order valence-corrected chi connectivity index (χ4v) is 1.63. The predicted molar refractivity (Wildman–Crippen MR) is 63.6 cm³/mol. The van der Waals surface area contributed by atoms with Gasteiger partial charge in [0, 0.05) is 5.56 Å². The van der Waals surface area contributed by atoms with Crippen LogP contribution < -0.4 is 11.5 Å². The highest BCUT2D eigenvalue weighted by Crippen LogP contribution is 2.32. The maximum atomic E-state index is 12.7. The molecule has 0 aromatic heterocycles. The van der Waals surface area contributed by atoms with Crippen molar-refractivity contribution in [1.82, 2.24) is 0 Å². The first-order valence-corrected chi connectivity index (χ1v) is 5.63. The van der Waals surface area contributed by atoms with Crippen LogP contribution in [0.25, 0.3) is 0 Å². The largest absolute Gasteiger partial charge is 0.417 e. The highest BCUT2D eigenvalue weighted by Gasteiger charge is 2.37. The minimum atomic E-state index is -4.69. The molecule has 0 aliphatic rings. The van der Waals surface area contributed by atoms with Gasteiger partial charge >= 0.3 is 6.18 Å². The number of aliphatic hydroxyl groups excluding tert-OH is 1. The number of aliphatic hydroxyl groups is 1. The van der Waals surface area contributed by atoms with Gasteiger partial charge in [-0.2, -0.15) is 13.2 Å². The summed E-state index contributed by atoms with van der Waals surface area (Å²) in [7, 11) is 0. The molecule has 0 aliphatic heterocycles. The maximum absolute atomic E-state index is 12.7. The molecule has 0 saturated carbocycles. The number of carbonyl (C=O) groups excluding carboxylic acids is 1. The van der Waals surface area contributed by atoms with Crippen molar-refractivity contribution in [3.8, 4) is 0 Å². The number of carbonyl (C=O) groups is 1. The summed E-state index contributed by atoms with van der Waals surface area (Å²) in [6, 6.07) is 2.53. The van der Waals surface area contributed by atoms with Crippen molar-refractivity contribution in [2.24, 2.45) is 11.5 Å². The summed E-state index contributed by atoms with van der Waals surface area (Å²) >= 11 is 5.36. The molecule has 3 unspecified atom stereocenters. The SMILES string of the molecule is NC(Cl)C(O)C(N)C(=O)c1ccccc1C(F)(F)F. The van der Waals surface area contributed by atoms with Gasteiger partial charge in [-0.15, -0.1) is 11.6 Å². The molecule has 0 heterocycles. The summed E-state index contributed by atoms with van der Waals surface area (Å²) in [4.78, 5) is 11.9. The number of hydrogen-bond donors (Lipinski definition) is 3. The van der Waals surface area contributed by atoms with Crippen LogP contribution in [0.4, 0.5) is 13.2 Å². The van der Waals surface area contributed by atoms with Crippen LogP contribution >= 0.6 is 11.6 Å². The third-order valence-corrected chi connectivity index (χ3v) is 2.75. The molecule has 1 aromatic carbocycles. The van der Waals surface area contributed by atoms with Crippen molar-refractivity contribution in [2.45, 2.75) is 23.8 Å². The van der Waals surface area contributed by atoms with E-state index in [1.54, 1.807) is 0 Å². The molecule has 19 heavy (non-hydrogen) atoms. The first-order valence-electron chi connectivity index (χ1n) is 5.20. The Hall–Kier alpha value is -1.15. The van der Waals surface area contributed by atoms with Crippen LogP contribution in [0.1, 0.15) is 15.9 Å². The Morgan fingerprint density at radius 2 is 1.79 bits per heavy atom. The number of nitrogens with two attached hydrogens (primary N) is 2. The van der Waals surface area contributed by atoms with E-state index in [9.17, 15) is 23.1 Å². The van der Waals surface area contributed by atoms with Gasteiger partial charge < -0.3 is 16.6 Å². The van der Waals surface area contributed by atoms with Crippen LogP contribution in [0.15, 0.2) is 24.3 Å². The molecular weight excluding hydrogens is 285 g/mol. The summed E-state index contributed by atoms with van der Waals surface area (Å²) in [6.07, 6.45) is -6.34. The molecule has 8 heteroatoms. The van der Waals surface area contributed by atoms with Crippen molar-refractivity contribution in [3.05, 3.63) is 35.4 Å². The van der Waals surface area contributed by atoms with Gasteiger partial charge in [0.15, 0.2) is 5.78 Å². The van der Waals surface area contributed by atoms with Crippen LogP contribution in [-0.4, -0.2) is 28.5 Å². The molecule has 4 nitrogen and oxygen atoms in total. The minimum Gasteiger partial charge on any atom is -0.388 e. The Balaban J connectivity index is 3.14. The second kappa shape index (κ2) is 5.87. The Labute approximate surface area is 112 Å². The number of alkyl halides is 4. The van der Waals surface area contributed by atoms with Crippen molar-refractivity contribution >= 4 is 17.4 Å². The Bertz CT molecular complexity index is 465. The average Bonchev–Trinajstić information content (AvgIpc) is 2.35. The van der Waals surface area contributed by atoms with Crippen molar-refractivity contribution < 1.29 is 23.1 Å². The zero-order valence-corrected chi connectivity index (χ0v) is 10.3. The lowest BCUT2D eigenvalue weighted by Gasteiger charge is -2.21. The lowest BCUT2D eigenvalue weighted by molar-refractivity contribution is -0.137. The topological polar surface area (TPSA) is 89.3 Å². The average molecular weight is 297 g/mol. The summed E-state index contributed by atoms with van der Waals surface area (Å²) in [5.74, 6) is -1.07. The summed E-state index contributed by atoms with van der Waals surface area (Å²) in [5.41, 5.74) is 7.42. The monoisotopic (exact) mass is 296 g/mol. The smallest absolute Gasteiger partial charge is 0.388 e. The zero-order chi connectivity index (χ0) is 14.8. The zero-order valence-electron chi connectivity index (χ0n) is 9.56. The first-order chi connectivity index (χ1) is 8.66. The lowest BCUT2D eigenvalue weighted by Crippen LogP contribution is -2.49. The molecule has 3 atom stereocenters. The standard InChI is InChI=1S/C11H12ClF3N2O2/c12-10(17)9(19)7(16)8(18)5-3-1-2-4-6(5)11(13,14)15/h1-4,7,9-10,19H,16-17H2. The molecule has 0 radical (unpaired) electrons. The van der Waals surface area contributed by atoms with Gasteiger partial charge in [0.2, 0.25) is 0 Å². The first kappa shape index (κ1) is 15.9. The number of rotatable bonds is 4. The molecule has 0 saturated heterocycles.